The molecule has 4 aliphatic carbocycles. The summed E-state index contributed by atoms with van der Waals surface area (Å²) in [6.07, 6.45) is 11.8. The van der Waals surface area contributed by atoms with Gasteiger partial charge in [-0.15, -0.1) is 0 Å². The number of hydrogen-bond acceptors (Lipinski definition) is 3. The fraction of sp³-hybridized carbons (Fsp3) is 0.870. The van der Waals surface area contributed by atoms with Crippen LogP contribution in [0.3, 0.4) is 0 Å². The van der Waals surface area contributed by atoms with Crippen molar-refractivity contribution in [3.8, 4) is 0 Å². The maximum Gasteiger partial charge on any atom is 0.305 e. The van der Waals surface area contributed by atoms with Crippen LogP contribution in [-0.2, 0) is 9.53 Å². The second-order valence-electron chi connectivity index (χ2n) is 10.2. The summed E-state index contributed by atoms with van der Waals surface area (Å²) in [7, 11) is 0. The molecule has 0 radical (unpaired) electrons. The summed E-state index contributed by atoms with van der Waals surface area (Å²) in [5.41, 5.74) is 1.41. The van der Waals surface area contributed by atoms with E-state index in [-0.39, 0.29) is 22.9 Å². The lowest BCUT2D eigenvalue weighted by molar-refractivity contribution is -0.151. The number of carbonyl (C=O) groups is 1. The van der Waals surface area contributed by atoms with E-state index in [0.29, 0.717) is 18.3 Å². The molecule has 0 bridgehead atoms. The number of fused-ring (bicyclic) bond motifs is 5. The van der Waals surface area contributed by atoms with Crippen LogP contribution in [0.4, 0.5) is 0 Å². The van der Waals surface area contributed by atoms with Gasteiger partial charge < -0.3 is 9.84 Å². The normalized spacial score (nSPS) is 50.3. The fourth-order valence-electron chi connectivity index (χ4n) is 7.24. The number of esters is 1. The number of allylic oxidation sites excluding steroid dienone is 1. The van der Waals surface area contributed by atoms with Crippen LogP contribution in [0.2, 0.25) is 0 Å². The van der Waals surface area contributed by atoms with E-state index in [1.807, 2.05) is 6.92 Å². The highest BCUT2D eigenvalue weighted by Gasteiger charge is 2.62. The molecular formula is C23H36O3. The highest BCUT2D eigenvalue weighted by Crippen LogP contribution is 2.67. The molecule has 26 heavy (non-hydrogen) atoms. The highest BCUT2D eigenvalue weighted by atomic mass is 16.5. The summed E-state index contributed by atoms with van der Waals surface area (Å²) in [6, 6.07) is 0. The first-order chi connectivity index (χ1) is 12.2. The molecule has 3 saturated carbocycles. The molecule has 3 fully saturated rings. The smallest absolute Gasteiger partial charge is 0.305 e. The summed E-state index contributed by atoms with van der Waals surface area (Å²) >= 11 is 0. The van der Waals surface area contributed by atoms with Crippen LogP contribution in [0.5, 0.6) is 0 Å². The monoisotopic (exact) mass is 360 g/mol. The number of aliphatic hydroxyl groups is 1. The Morgan fingerprint density at radius 1 is 1.15 bits per heavy atom. The molecule has 0 aliphatic heterocycles. The number of carbonyl (C=O) groups excluding carboxylic acids is 1. The van der Waals surface area contributed by atoms with Crippen molar-refractivity contribution in [2.24, 2.45) is 28.6 Å². The van der Waals surface area contributed by atoms with Gasteiger partial charge in [0.25, 0.3) is 0 Å². The second kappa shape index (κ2) is 6.09. The zero-order valence-electron chi connectivity index (χ0n) is 17.0. The lowest BCUT2D eigenvalue weighted by Crippen LogP contribution is -2.53. The molecule has 0 heterocycles. The third-order valence-corrected chi connectivity index (χ3v) is 9.21. The van der Waals surface area contributed by atoms with Crippen LogP contribution in [0.1, 0.15) is 85.5 Å². The third-order valence-electron chi connectivity index (χ3n) is 9.21. The Morgan fingerprint density at radius 3 is 2.62 bits per heavy atom. The Bertz CT molecular complexity index is 621. The molecule has 0 saturated heterocycles. The van der Waals surface area contributed by atoms with E-state index in [0.717, 1.165) is 44.4 Å². The van der Waals surface area contributed by atoms with Crippen LogP contribution in [-0.4, -0.2) is 22.8 Å². The van der Waals surface area contributed by atoms with Crippen LogP contribution in [0, 0.1) is 28.6 Å². The molecule has 7 atom stereocenters. The van der Waals surface area contributed by atoms with E-state index in [1.54, 1.807) is 5.57 Å². The van der Waals surface area contributed by atoms with Gasteiger partial charge in [0.2, 0.25) is 0 Å². The molecule has 146 valence electrons. The van der Waals surface area contributed by atoms with E-state index in [9.17, 15) is 9.90 Å². The van der Waals surface area contributed by atoms with Crippen molar-refractivity contribution >= 4 is 5.97 Å². The molecule has 0 unspecified atom stereocenters. The SMILES string of the molecule is CCC(=O)O[C@H]1CC[C@@]2(C)C(=CC[C@@H]3[C@@H]2CC[C@@]2(C)[C@H]3CC[C@@]2(C)O)C1. The highest BCUT2D eigenvalue weighted by molar-refractivity contribution is 5.69. The minimum atomic E-state index is -0.500. The third kappa shape index (κ3) is 2.52. The van der Waals surface area contributed by atoms with Gasteiger partial charge in [-0.2, -0.15) is 0 Å². The molecule has 0 aromatic heterocycles. The molecule has 4 rings (SSSR count). The van der Waals surface area contributed by atoms with Crippen molar-refractivity contribution in [3.05, 3.63) is 11.6 Å². The molecule has 0 aromatic carbocycles. The van der Waals surface area contributed by atoms with Crippen molar-refractivity contribution < 1.29 is 14.6 Å². The molecule has 0 amide bonds. The predicted octanol–water partition coefficient (Wildman–Crippen LogP) is 5.02. The predicted molar refractivity (Wildman–Crippen MR) is 102 cm³/mol. The maximum atomic E-state index is 11.7. The first kappa shape index (κ1) is 18.5. The molecule has 0 aromatic rings. The van der Waals surface area contributed by atoms with Gasteiger partial charge in [-0.25, -0.2) is 0 Å². The number of hydrogen-bond donors (Lipinski definition) is 1. The van der Waals surface area contributed by atoms with Gasteiger partial charge >= 0.3 is 5.97 Å². The van der Waals surface area contributed by atoms with E-state index in [4.69, 9.17) is 4.74 Å². The second-order valence-corrected chi connectivity index (χ2v) is 10.2. The summed E-state index contributed by atoms with van der Waals surface area (Å²) < 4.78 is 5.67. The minimum absolute atomic E-state index is 0.0606. The summed E-state index contributed by atoms with van der Waals surface area (Å²) in [5, 5.41) is 11.0. The van der Waals surface area contributed by atoms with Gasteiger partial charge in [-0.05, 0) is 80.5 Å². The molecular weight excluding hydrogens is 324 g/mol. The Labute approximate surface area is 158 Å². The Hall–Kier alpha value is -0.830. The van der Waals surface area contributed by atoms with Crippen molar-refractivity contribution in [1.82, 2.24) is 0 Å². The van der Waals surface area contributed by atoms with Crippen molar-refractivity contribution in [3.63, 3.8) is 0 Å². The first-order valence-electron chi connectivity index (χ1n) is 10.8. The standard InChI is InChI=1S/C23H36O3/c1-5-20(24)26-16-8-11-21(2)15(14-16)6-7-17-18(21)9-12-22(3)19(17)10-13-23(22,4)25/h6,16-19,25H,5,7-14H2,1-4H3/t16-,17+,18-,19-,21-,22-,23+/m0/s1. The quantitative estimate of drug-likeness (QED) is 0.555. The number of ether oxygens (including phenoxy) is 1. The van der Waals surface area contributed by atoms with Gasteiger partial charge in [0.05, 0.1) is 5.60 Å². The first-order valence-corrected chi connectivity index (χ1v) is 10.8. The summed E-state index contributed by atoms with van der Waals surface area (Å²) in [6.45, 7) is 8.77. The Morgan fingerprint density at radius 2 is 1.88 bits per heavy atom. The molecule has 3 nitrogen and oxygen atoms in total. The average molecular weight is 361 g/mol. The largest absolute Gasteiger partial charge is 0.462 e. The fourth-order valence-corrected chi connectivity index (χ4v) is 7.24. The topological polar surface area (TPSA) is 46.5 Å². The lowest BCUT2D eigenvalue weighted by atomic mass is 9.47. The molecule has 0 spiro atoms. The zero-order chi connectivity index (χ0) is 18.7. The van der Waals surface area contributed by atoms with Gasteiger partial charge in [-0.1, -0.05) is 32.4 Å². The van der Waals surface area contributed by atoms with Crippen molar-refractivity contribution in [1.29, 1.82) is 0 Å². The van der Waals surface area contributed by atoms with E-state index < -0.39 is 5.60 Å². The van der Waals surface area contributed by atoms with Crippen molar-refractivity contribution in [2.75, 3.05) is 0 Å². The molecule has 1 N–H and O–H groups in total. The summed E-state index contributed by atoms with van der Waals surface area (Å²) in [5.74, 6) is 2.04. The maximum absolute atomic E-state index is 11.7. The van der Waals surface area contributed by atoms with E-state index in [1.165, 1.54) is 12.8 Å². The number of rotatable bonds is 2. The van der Waals surface area contributed by atoms with Crippen LogP contribution >= 0.6 is 0 Å². The Kier molecular flexibility index (Phi) is 4.34. The molecule has 3 heteroatoms. The minimum Gasteiger partial charge on any atom is -0.462 e. The average Bonchev–Trinajstić information content (AvgIpc) is 2.85. The zero-order valence-corrected chi connectivity index (χ0v) is 17.0. The van der Waals surface area contributed by atoms with Crippen LogP contribution in [0.25, 0.3) is 0 Å². The van der Waals surface area contributed by atoms with Crippen LogP contribution < -0.4 is 0 Å². The van der Waals surface area contributed by atoms with Gasteiger partial charge in [-0.3, -0.25) is 4.79 Å². The Balaban J connectivity index is 1.57. The van der Waals surface area contributed by atoms with E-state index >= 15 is 0 Å². The van der Waals surface area contributed by atoms with Crippen LogP contribution in [0.15, 0.2) is 11.6 Å². The molecule has 4 aliphatic rings. The van der Waals surface area contributed by atoms with E-state index in [2.05, 4.69) is 26.8 Å². The van der Waals surface area contributed by atoms with Gasteiger partial charge in [0.1, 0.15) is 6.10 Å². The lowest BCUT2D eigenvalue weighted by Gasteiger charge is -2.58. The van der Waals surface area contributed by atoms with Gasteiger partial charge in [0, 0.05) is 12.8 Å². The van der Waals surface area contributed by atoms with Gasteiger partial charge in [0.15, 0.2) is 0 Å². The van der Waals surface area contributed by atoms with Crippen molar-refractivity contribution in [2.45, 2.75) is 97.2 Å². The summed E-state index contributed by atoms with van der Waals surface area (Å²) in [4.78, 5) is 11.7.